The zero-order valence-corrected chi connectivity index (χ0v) is 9.20. The Morgan fingerprint density at radius 1 is 1.47 bits per heavy atom. The highest BCUT2D eigenvalue weighted by atomic mass is 32.1. The highest BCUT2D eigenvalue weighted by molar-refractivity contribution is 7.79. The minimum atomic E-state index is -0.833. The number of hydrogen-bond donors (Lipinski definition) is 2. The molecular formula is C11H12O3S. The fourth-order valence-corrected chi connectivity index (χ4v) is 1.27. The molecule has 0 aliphatic heterocycles. The molecule has 0 atom stereocenters. The van der Waals surface area contributed by atoms with Crippen molar-refractivity contribution in [2.45, 2.75) is 12.7 Å². The minimum absolute atomic E-state index is 0.661. The number of furan rings is 1. The quantitative estimate of drug-likeness (QED) is 0.732. The van der Waals surface area contributed by atoms with E-state index in [-0.39, 0.29) is 0 Å². The maximum absolute atomic E-state index is 9.00. The van der Waals surface area contributed by atoms with Crippen LogP contribution in [0.4, 0.5) is 0 Å². The van der Waals surface area contributed by atoms with Crippen molar-refractivity contribution in [1.29, 1.82) is 0 Å². The van der Waals surface area contributed by atoms with Gasteiger partial charge < -0.3 is 9.52 Å². The van der Waals surface area contributed by atoms with Crippen molar-refractivity contribution < 1.29 is 14.3 Å². The molecule has 3 nitrogen and oxygen atoms in total. The number of benzene rings is 1. The lowest BCUT2D eigenvalue weighted by molar-refractivity contribution is -0.134. The van der Waals surface area contributed by atoms with Crippen LogP contribution in [-0.2, 0) is 10.5 Å². The van der Waals surface area contributed by atoms with Crippen molar-refractivity contribution in [3.05, 3.63) is 36.1 Å². The average molecular weight is 224 g/mol. The summed E-state index contributed by atoms with van der Waals surface area (Å²) in [6.07, 6.45) is 0. The number of thiol groups is 1. The molecule has 0 unspecified atom stereocenters. The first kappa shape index (κ1) is 11.7. The number of hydrogen-bond acceptors (Lipinski definition) is 3. The zero-order chi connectivity index (χ0) is 11.3. The number of para-hydroxylation sites is 1. The van der Waals surface area contributed by atoms with Crippen LogP contribution in [0.5, 0.6) is 0 Å². The van der Waals surface area contributed by atoms with Gasteiger partial charge in [0, 0.05) is 18.1 Å². The summed E-state index contributed by atoms with van der Waals surface area (Å²) in [6.45, 7) is 1.08. The van der Waals surface area contributed by atoms with E-state index < -0.39 is 5.97 Å². The Morgan fingerprint density at radius 3 is 2.60 bits per heavy atom. The van der Waals surface area contributed by atoms with Crippen LogP contribution in [0, 0.1) is 0 Å². The van der Waals surface area contributed by atoms with E-state index >= 15 is 0 Å². The standard InChI is InChI=1S/C9H8OS.C2H4O2/c11-6-8-5-7-3-1-2-4-9(7)10-8;1-2(3)4/h1-5,11H,6H2;1H3,(H,3,4). The second-order valence-electron chi connectivity index (χ2n) is 2.93. The molecule has 0 spiro atoms. The van der Waals surface area contributed by atoms with E-state index in [0.29, 0.717) is 5.75 Å². The van der Waals surface area contributed by atoms with Gasteiger partial charge in [-0.2, -0.15) is 12.6 Å². The van der Waals surface area contributed by atoms with Crippen LogP contribution in [0.3, 0.4) is 0 Å². The average Bonchev–Trinajstić information content (AvgIpc) is 2.59. The Morgan fingerprint density at radius 2 is 2.07 bits per heavy atom. The van der Waals surface area contributed by atoms with Crippen LogP contribution >= 0.6 is 12.6 Å². The van der Waals surface area contributed by atoms with Crippen molar-refractivity contribution in [2.75, 3.05) is 0 Å². The summed E-state index contributed by atoms with van der Waals surface area (Å²) in [5.74, 6) is 0.754. The highest BCUT2D eigenvalue weighted by Crippen LogP contribution is 2.19. The molecule has 2 aromatic rings. The fourth-order valence-electron chi connectivity index (χ4n) is 1.11. The molecule has 1 aromatic heterocycles. The molecule has 0 radical (unpaired) electrons. The summed E-state index contributed by atoms with van der Waals surface area (Å²) in [7, 11) is 0. The number of carboxylic acids is 1. The van der Waals surface area contributed by atoms with Crippen molar-refractivity contribution in [3.8, 4) is 0 Å². The predicted molar refractivity (Wildman–Crippen MR) is 62.2 cm³/mol. The van der Waals surface area contributed by atoms with E-state index in [2.05, 4.69) is 12.6 Å². The summed E-state index contributed by atoms with van der Waals surface area (Å²) >= 11 is 4.13. The number of rotatable bonds is 1. The second-order valence-corrected chi connectivity index (χ2v) is 3.24. The smallest absolute Gasteiger partial charge is 0.300 e. The summed E-state index contributed by atoms with van der Waals surface area (Å²) in [6, 6.07) is 9.98. The molecule has 0 saturated heterocycles. The Hall–Kier alpha value is -1.42. The van der Waals surface area contributed by atoms with Crippen molar-refractivity contribution >= 4 is 29.6 Å². The molecule has 0 aliphatic rings. The molecule has 1 aromatic carbocycles. The first-order valence-electron chi connectivity index (χ1n) is 4.41. The Balaban J connectivity index is 0.000000245. The summed E-state index contributed by atoms with van der Waals surface area (Å²) in [5, 5.41) is 8.57. The van der Waals surface area contributed by atoms with E-state index in [1.165, 1.54) is 0 Å². The molecule has 0 aliphatic carbocycles. The molecule has 2 rings (SSSR count). The monoisotopic (exact) mass is 224 g/mol. The fraction of sp³-hybridized carbons (Fsp3) is 0.182. The maximum Gasteiger partial charge on any atom is 0.300 e. The van der Waals surface area contributed by atoms with E-state index in [1.807, 2.05) is 30.3 Å². The first-order valence-corrected chi connectivity index (χ1v) is 5.04. The summed E-state index contributed by atoms with van der Waals surface area (Å²) in [5.41, 5.74) is 0.941. The number of aliphatic carboxylic acids is 1. The van der Waals surface area contributed by atoms with Gasteiger partial charge in [-0.05, 0) is 12.1 Å². The van der Waals surface area contributed by atoms with Crippen LogP contribution in [0.25, 0.3) is 11.0 Å². The van der Waals surface area contributed by atoms with Crippen LogP contribution in [-0.4, -0.2) is 11.1 Å². The molecule has 80 valence electrons. The van der Waals surface area contributed by atoms with Gasteiger partial charge in [-0.15, -0.1) is 0 Å². The second kappa shape index (κ2) is 5.46. The lowest BCUT2D eigenvalue weighted by Gasteiger charge is -1.83. The Bertz CT molecular complexity index is 411. The molecule has 4 heteroatoms. The third-order valence-electron chi connectivity index (χ3n) is 1.63. The minimum Gasteiger partial charge on any atom is -0.481 e. The normalized spacial score (nSPS) is 9.47. The molecule has 1 heterocycles. The molecule has 0 fully saturated rings. The number of carboxylic acid groups (broad SMARTS) is 1. The van der Waals surface area contributed by atoms with Gasteiger partial charge >= 0.3 is 0 Å². The number of fused-ring (bicyclic) bond motifs is 1. The van der Waals surface area contributed by atoms with Crippen LogP contribution < -0.4 is 0 Å². The third kappa shape index (κ3) is 3.67. The summed E-state index contributed by atoms with van der Waals surface area (Å²) in [4.78, 5) is 9.00. The maximum atomic E-state index is 9.00. The van der Waals surface area contributed by atoms with Gasteiger partial charge in [0.05, 0.1) is 0 Å². The zero-order valence-electron chi connectivity index (χ0n) is 8.30. The molecule has 0 bridgehead atoms. The Labute approximate surface area is 93.1 Å². The van der Waals surface area contributed by atoms with Gasteiger partial charge in [0.1, 0.15) is 11.3 Å². The van der Waals surface area contributed by atoms with Gasteiger partial charge in [0.2, 0.25) is 0 Å². The van der Waals surface area contributed by atoms with Gasteiger partial charge in [0.15, 0.2) is 0 Å². The molecule has 15 heavy (non-hydrogen) atoms. The highest BCUT2D eigenvalue weighted by Gasteiger charge is 1.98. The predicted octanol–water partition coefficient (Wildman–Crippen LogP) is 2.95. The van der Waals surface area contributed by atoms with E-state index in [1.54, 1.807) is 0 Å². The van der Waals surface area contributed by atoms with E-state index in [4.69, 9.17) is 14.3 Å². The van der Waals surface area contributed by atoms with Gasteiger partial charge in [-0.3, -0.25) is 4.79 Å². The van der Waals surface area contributed by atoms with Crippen molar-refractivity contribution in [2.24, 2.45) is 0 Å². The van der Waals surface area contributed by atoms with E-state index in [0.717, 1.165) is 23.7 Å². The molecule has 0 amide bonds. The van der Waals surface area contributed by atoms with Crippen LogP contribution in [0.15, 0.2) is 34.7 Å². The third-order valence-corrected chi connectivity index (χ3v) is 1.94. The Kier molecular flexibility index (Phi) is 4.24. The first-order chi connectivity index (χ1) is 7.13. The summed E-state index contributed by atoms with van der Waals surface area (Å²) < 4.78 is 5.44. The van der Waals surface area contributed by atoms with Crippen molar-refractivity contribution in [1.82, 2.24) is 0 Å². The SMILES string of the molecule is CC(=O)O.SCc1cc2ccccc2o1. The van der Waals surface area contributed by atoms with Crippen LogP contribution in [0.2, 0.25) is 0 Å². The van der Waals surface area contributed by atoms with E-state index in [9.17, 15) is 0 Å². The molecule has 1 N–H and O–H groups in total. The van der Waals surface area contributed by atoms with Crippen molar-refractivity contribution in [3.63, 3.8) is 0 Å². The largest absolute Gasteiger partial charge is 0.481 e. The topological polar surface area (TPSA) is 50.4 Å². The van der Waals surface area contributed by atoms with Gasteiger partial charge in [-0.25, -0.2) is 0 Å². The van der Waals surface area contributed by atoms with Gasteiger partial charge in [-0.1, -0.05) is 18.2 Å². The number of carbonyl (C=O) groups is 1. The lowest BCUT2D eigenvalue weighted by atomic mass is 10.2. The molecular weight excluding hydrogens is 212 g/mol. The molecule has 0 saturated carbocycles. The van der Waals surface area contributed by atoms with Crippen LogP contribution in [0.1, 0.15) is 12.7 Å². The lowest BCUT2D eigenvalue weighted by Crippen LogP contribution is -1.78. The van der Waals surface area contributed by atoms with Gasteiger partial charge in [0.25, 0.3) is 5.97 Å².